The number of fused-ring (bicyclic) bond motifs is 1. The van der Waals surface area contributed by atoms with E-state index in [1.165, 1.54) is 0 Å². The first kappa shape index (κ1) is 15.6. The van der Waals surface area contributed by atoms with E-state index in [1.54, 1.807) is 40.6 Å². The molecule has 1 atom stereocenters. The van der Waals surface area contributed by atoms with Gasteiger partial charge in [0.05, 0.1) is 10.3 Å². The molecule has 0 unspecified atom stereocenters. The third-order valence-electron chi connectivity index (χ3n) is 4.18. The van der Waals surface area contributed by atoms with Gasteiger partial charge in [0.15, 0.2) is 0 Å². The van der Waals surface area contributed by atoms with E-state index in [0.717, 1.165) is 22.1 Å². The van der Waals surface area contributed by atoms with E-state index in [0.29, 0.717) is 11.4 Å². The maximum Gasteiger partial charge on any atom is 0.245 e. The molecule has 0 aliphatic carbocycles. The second-order valence-corrected chi connectivity index (χ2v) is 8.64. The molecule has 2 aromatic carbocycles. The molecule has 6 heteroatoms. The first-order chi connectivity index (χ1) is 11.7. The van der Waals surface area contributed by atoms with E-state index < -0.39 is 10.0 Å². The molecule has 0 radical (unpaired) electrons. The number of thioether (sulfide) groups is 1. The lowest BCUT2D eigenvalue weighted by atomic mass is 10.1. The third kappa shape index (κ3) is 2.60. The zero-order valence-electron chi connectivity index (χ0n) is 12.9. The van der Waals surface area contributed by atoms with Gasteiger partial charge in [-0.3, -0.25) is 4.98 Å². The molecule has 1 aliphatic heterocycles. The Morgan fingerprint density at radius 3 is 2.58 bits per heavy atom. The standard InChI is InChI=1S/C18H16N2O2S2/c21-24(22,17-7-3-5-14-4-1-2-6-16(14)17)20-12-13-23-18(20)15-8-10-19-11-9-15/h1-11,18H,12-13H2/t18-/m0/s1. The van der Waals surface area contributed by atoms with Crippen molar-refractivity contribution < 1.29 is 8.42 Å². The van der Waals surface area contributed by atoms with Gasteiger partial charge >= 0.3 is 0 Å². The van der Waals surface area contributed by atoms with Crippen LogP contribution in [0.15, 0.2) is 71.9 Å². The van der Waals surface area contributed by atoms with E-state index in [4.69, 9.17) is 0 Å². The number of sulfonamides is 1. The van der Waals surface area contributed by atoms with Crippen LogP contribution in [0, 0.1) is 0 Å². The third-order valence-corrected chi connectivity index (χ3v) is 7.49. The molecule has 24 heavy (non-hydrogen) atoms. The molecule has 1 aromatic heterocycles. The maximum atomic E-state index is 13.3. The van der Waals surface area contributed by atoms with E-state index in [1.807, 2.05) is 42.5 Å². The summed E-state index contributed by atoms with van der Waals surface area (Å²) in [5, 5.41) is 1.51. The van der Waals surface area contributed by atoms with Crippen LogP contribution < -0.4 is 0 Å². The van der Waals surface area contributed by atoms with Gasteiger partial charge in [0.25, 0.3) is 0 Å². The van der Waals surface area contributed by atoms with Gasteiger partial charge in [-0.05, 0) is 29.1 Å². The zero-order chi connectivity index (χ0) is 16.6. The van der Waals surface area contributed by atoms with E-state index >= 15 is 0 Å². The first-order valence-electron chi connectivity index (χ1n) is 7.69. The summed E-state index contributed by atoms with van der Waals surface area (Å²) in [5.41, 5.74) is 0.969. The number of hydrogen-bond donors (Lipinski definition) is 0. The van der Waals surface area contributed by atoms with Crippen LogP contribution in [0.1, 0.15) is 10.9 Å². The Bertz CT molecular complexity index is 969. The SMILES string of the molecule is O=S(=O)(c1cccc2ccccc12)N1CCS[C@H]1c1ccncc1. The highest BCUT2D eigenvalue weighted by Crippen LogP contribution is 2.42. The minimum atomic E-state index is -3.57. The normalized spacial score (nSPS) is 18.9. The Labute approximate surface area is 145 Å². The van der Waals surface area contributed by atoms with Crippen molar-refractivity contribution in [3.05, 3.63) is 72.6 Å². The minimum absolute atomic E-state index is 0.197. The molecule has 1 saturated heterocycles. The monoisotopic (exact) mass is 356 g/mol. The molecular weight excluding hydrogens is 340 g/mol. The fourth-order valence-corrected chi connectivity index (χ4v) is 6.50. The van der Waals surface area contributed by atoms with E-state index in [9.17, 15) is 8.42 Å². The Balaban J connectivity index is 1.82. The quantitative estimate of drug-likeness (QED) is 0.718. The Kier molecular flexibility index (Phi) is 4.04. The number of aromatic nitrogens is 1. The fraction of sp³-hybridized carbons (Fsp3) is 0.167. The van der Waals surface area contributed by atoms with Crippen molar-refractivity contribution in [1.82, 2.24) is 9.29 Å². The number of hydrogen-bond acceptors (Lipinski definition) is 4. The average Bonchev–Trinajstić information content (AvgIpc) is 3.12. The van der Waals surface area contributed by atoms with Crippen LogP contribution in [0.25, 0.3) is 10.8 Å². The Hall–Kier alpha value is -1.89. The molecule has 0 bridgehead atoms. The predicted octanol–water partition coefficient (Wildman–Crippen LogP) is 3.67. The van der Waals surface area contributed by atoms with Crippen molar-refractivity contribution in [2.45, 2.75) is 10.3 Å². The summed E-state index contributed by atoms with van der Waals surface area (Å²) in [6, 6.07) is 16.8. The van der Waals surface area contributed by atoms with Gasteiger partial charge in [0.2, 0.25) is 10.0 Å². The highest BCUT2D eigenvalue weighted by molar-refractivity contribution is 8.01. The van der Waals surface area contributed by atoms with Gasteiger partial charge in [-0.2, -0.15) is 4.31 Å². The van der Waals surface area contributed by atoms with Crippen LogP contribution in [0.2, 0.25) is 0 Å². The predicted molar refractivity (Wildman–Crippen MR) is 97.3 cm³/mol. The van der Waals surface area contributed by atoms with Crippen molar-refractivity contribution in [3.63, 3.8) is 0 Å². The summed E-state index contributed by atoms with van der Waals surface area (Å²) in [5.74, 6) is 0.789. The minimum Gasteiger partial charge on any atom is -0.265 e. The van der Waals surface area contributed by atoms with Gasteiger partial charge < -0.3 is 0 Å². The van der Waals surface area contributed by atoms with Crippen molar-refractivity contribution in [2.24, 2.45) is 0 Å². The Morgan fingerprint density at radius 1 is 1.00 bits per heavy atom. The highest BCUT2D eigenvalue weighted by atomic mass is 32.2. The molecule has 1 fully saturated rings. The van der Waals surface area contributed by atoms with Crippen LogP contribution in [0.3, 0.4) is 0 Å². The summed E-state index contributed by atoms with van der Waals surface area (Å²) in [4.78, 5) is 4.40. The molecular formula is C18H16N2O2S2. The largest absolute Gasteiger partial charge is 0.265 e. The van der Waals surface area contributed by atoms with Gasteiger partial charge in [0.1, 0.15) is 0 Å². The molecule has 0 saturated carbocycles. The molecule has 0 N–H and O–H groups in total. The van der Waals surface area contributed by atoms with E-state index in [2.05, 4.69) is 4.98 Å². The van der Waals surface area contributed by atoms with Crippen molar-refractivity contribution in [3.8, 4) is 0 Å². The Morgan fingerprint density at radius 2 is 1.75 bits per heavy atom. The van der Waals surface area contributed by atoms with Crippen molar-refractivity contribution in [2.75, 3.05) is 12.3 Å². The lowest BCUT2D eigenvalue weighted by Gasteiger charge is -2.24. The first-order valence-corrected chi connectivity index (χ1v) is 10.2. The lowest BCUT2D eigenvalue weighted by Crippen LogP contribution is -2.30. The van der Waals surface area contributed by atoms with Crippen molar-refractivity contribution >= 4 is 32.6 Å². The van der Waals surface area contributed by atoms with Crippen LogP contribution >= 0.6 is 11.8 Å². The maximum absolute atomic E-state index is 13.3. The van der Waals surface area contributed by atoms with Crippen LogP contribution in [0.4, 0.5) is 0 Å². The number of benzene rings is 2. The average molecular weight is 356 g/mol. The summed E-state index contributed by atoms with van der Waals surface area (Å²) in [6.45, 7) is 0.517. The number of rotatable bonds is 3. The van der Waals surface area contributed by atoms with Crippen molar-refractivity contribution in [1.29, 1.82) is 0 Å². The van der Waals surface area contributed by atoms with Crippen LogP contribution in [0.5, 0.6) is 0 Å². The van der Waals surface area contributed by atoms with E-state index in [-0.39, 0.29) is 5.37 Å². The van der Waals surface area contributed by atoms with Gasteiger partial charge in [-0.25, -0.2) is 8.42 Å². The summed E-state index contributed by atoms with van der Waals surface area (Å²) >= 11 is 1.65. The molecule has 4 rings (SSSR count). The van der Waals surface area contributed by atoms with Gasteiger partial charge in [-0.1, -0.05) is 36.4 Å². The molecule has 122 valence electrons. The molecule has 0 spiro atoms. The molecule has 4 nitrogen and oxygen atoms in total. The smallest absolute Gasteiger partial charge is 0.245 e. The topological polar surface area (TPSA) is 50.3 Å². The second-order valence-electron chi connectivity index (χ2n) is 5.60. The van der Waals surface area contributed by atoms with Crippen LogP contribution in [-0.4, -0.2) is 30.0 Å². The zero-order valence-corrected chi connectivity index (χ0v) is 14.5. The lowest BCUT2D eigenvalue weighted by molar-refractivity contribution is 0.435. The van der Waals surface area contributed by atoms with Crippen LogP contribution in [-0.2, 0) is 10.0 Å². The molecule has 3 aromatic rings. The van der Waals surface area contributed by atoms with Gasteiger partial charge in [-0.15, -0.1) is 11.8 Å². The number of pyridine rings is 1. The fourth-order valence-electron chi connectivity index (χ4n) is 3.04. The highest BCUT2D eigenvalue weighted by Gasteiger charge is 2.37. The summed E-state index contributed by atoms with van der Waals surface area (Å²) < 4.78 is 28.3. The molecule has 1 aliphatic rings. The molecule has 2 heterocycles. The summed E-state index contributed by atoms with van der Waals surface area (Å²) in [7, 11) is -3.57. The molecule has 0 amide bonds. The van der Waals surface area contributed by atoms with Gasteiger partial charge in [0, 0.05) is 30.1 Å². The second kappa shape index (κ2) is 6.20. The summed E-state index contributed by atoms with van der Waals surface area (Å²) in [6.07, 6.45) is 3.41. The number of nitrogens with zero attached hydrogens (tertiary/aromatic N) is 2.